The summed E-state index contributed by atoms with van der Waals surface area (Å²) in [4.78, 5) is 29.0. The van der Waals surface area contributed by atoms with Crippen LogP contribution in [0.3, 0.4) is 0 Å². The van der Waals surface area contributed by atoms with Crippen molar-refractivity contribution < 1.29 is 18.0 Å². The van der Waals surface area contributed by atoms with Gasteiger partial charge in [-0.25, -0.2) is 8.42 Å². The average molecular weight is 627 g/mol. The molecule has 40 heavy (non-hydrogen) atoms. The standard InChI is InChI=1S/C31H36BrN3O4S/c1-23-11-9-10-16-29(23)35(40(38,39)28-14-7-4-8-15-28)22-30(36)34(21-25-17-19-26(32)20-18-25)24(2)31(37)33-27-12-5-3-6-13-27/h4,7-11,14-20,24,27H,3,5-6,12-13,21-22H2,1-2H3,(H,33,37). The van der Waals surface area contributed by atoms with Crippen LogP contribution in [0.4, 0.5) is 5.69 Å². The molecule has 1 fully saturated rings. The Balaban J connectivity index is 1.67. The first-order chi connectivity index (χ1) is 19.2. The fraction of sp³-hybridized carbons (Fsp3) is 0.355. The lowest BCUT2D eigenvalue weighted by molar-refractivity contribution is -0.139. The minimum atomic E-state index is -4.07. The summed E-state index contributed by atoms with van der Waals surface area (Å²) in [6.07, 6.45) is 5.17. The number of amides is 2. The van der Waals surface area contributed by atoms with Crippen LogP contribution in [0, 0.1) is 6.92 Å². The van der Waals surface area contributed by atoms with E-state index in [0.717, 1.165) is 45.6 Å². The molecule has 0 heterocycles. The number of anilines is 1. The van der Waals surface area contributed by atoms with E-state index in [4.69, 9.17) is 0 Å². The number of hydrogen-bond acceptors (Lipinski definition) is 4. The number of carbonyl (C=O) groups is 2. The van der Waals surface area contributed by atoms with Gasteiger partial charge >= 0.3 is 0 Å². The van der Waals surface area contributed by atoms with Gasteiger partial charge < -0.3 is 10.2 Å². The second kappa shape index (κ2) is 13.5. The van der Waals surface area contributed by atoms with Gasteiger partial charge in [-0.3, -0.25) is 13.9 Å². The van der Waals surface area contributed by atoms with Crippen LogP contribution in [-0.4, -0.2) is 43.8 Å². The zero-order valence-electron chi connectivity index (χ0n) is 22.9. The van der Waals surface area contributed by atoms with Gasteiger partial charge in [0.2, 0.25) is 11.8 Å². The van der Waals surface area contributed by atoms with Crippen LogP contribution in [0.1, 0.15) is 50.2 Å². The van der Waals surface area contributed by atoms with E-state index in [1.54, 1.807) is 37.3 Å². The molecule has 1 atom stereocenters. The normalized spacial score (nSPS) is 14.8. The number of nitrogens with one attached hydrogen (secondary N) is 1. The van der Waals surface area contributed by atoms with Gasteiger partial charge in [0.25, 0.3) is 10.0 Å². The van der Waals surface area contributed by atoms with Gasteiger partial charge in [-0.1, -0.05) is 83.7 Å². The number of aryl methyl sites for hydroxylation is 1. The van der Waals surface area contributed by atoms with Crippen molar-refractivity contribution in [2.45, 2.75) is 69.5 Å². The minimum Gasteiger partial charge on any atom is -0.352 e. The lowest BCUT2D eigenvalue weighted by atomic mass is 9.95. The molecule has 1 saturated carbocycles. The molecular formula is C31H36BrN3O4S. The van der Waals surface area contributed by atoms with Crippen molar-refractivity contribution in [3.05, 3.63) is 94.5 Å². The SMILES string of the molecule is Cc1ccccc1N(CC(=O)N(Cc1ccc(Br)cc1)C(C)C(=O)NC1CCCCC1)S(=O)(=O)c1ccccc1. The topological polar surface area (TPSA) is 86.8 Å². The Morgan fingerprint density at radius 2 is 1.55 bits per heavy atom. The van der Waals surface area contributed by atoms with Crippen LogP contribution in [0.15, 0.2) is 88.2 Å². The van der Waals surface area contributed by atoms with E-state index in [0.29, 0.717) is 5.69 Å². The maximum Gasteiger partial charge on any atom is 0.264 e. The van der Waals surface area contributed by atoms with E-state index in [9.17, 15) is 18.0 Å². The fourth-order valence-electron chi connectivity index (χ4n) is 5.01. The van der Waals surface area contributed by atoms with E-state index in [2.05, 4.69) is 21.2 Å². The lowest BCUT2D eigenvalue weighted by Gasteiger charge is -2.33. The van der Waals surface area contributed by atoms with Crippen molar-refractivity contribution in [1.29, 1.82) is 0 Å². The Bertz CT molecular complexity index is 1410. The summed E-state index contributed by atoms with van der Waals surface area (Å²) in [7, 11) is -4.07. The summed E-state index contributed by atoms with van der Waals surface area (Å²) in [6, 6.07) is 22.0. The summed E-state index contributed by atoms with van der Waals surface area (Å²) < 4.78 is 29.8. The zero-order valence-corrected chi connectivity index (χ0v) is 25.3. The number of para-hydroxylation sites is 1. The van der Waals surface area contributed by atoms with Crippen molar-refractivity contribution in [2.75, 3.05) is 10.8 Å². The Morgan fingerprint density at radius 1 is 0.925 bits per heavy atom. The highest BCUT2D eigenvalue weighted by atomic mass is 79.9. The zero-order chi connectivity index (χ0) is 28.7. The smallest absolute Gasteiger partial charge is 0.264 e. The van der Waals surface area contributed by atoms with Crippen LogP contribution >= 0.6 is 15.9 Å². The first-order valence-electron chi connectivity index (χ1n) is 13.6. The fourth-order valence-corrected chi connectivity index (χ4v) is 6.78. The van der Waals surface area contributed by atoms with Crippen molar-refractivity contribution in [2.24, 2.45) is 0 Å². The molecule has 0 spiro atoms. The molecule has 0 aromatic heterocycles. The van der Waals surface area contributed by atoms with Crippen molar-refractivity contribution in [1.82, 2.24) is 10.2 Å². The summed E-state index contributed by atoms with van der Waals surface area (Å²) in [5, 5.41) is 3.13. The number of hydrogen-bond donors (Lipinski definition) is 1. The van der Waals surface area contributed by atoms with Crippen LogP contribution < -0.4 is 9.62 Å². The van der Waals surface area contributed by atoms with Gasteiger partial charge in [-0.2, -0.15) is 0 Å². The molecular weight excluding hydrogens is 590 g/mol. The highest BCUT2D eigenvalue weighted by Crippen LogP contribution is 2.27. The van der Waals surface area contributed by atoms with Crippen LogP contribution in [0.25, 0.3) is 0 Å². The molecule has 1 aliphatic carbocycles. The predicted molar refractivity (Wildman–Crippen MR) is 161 cm³/mol. The summed E-state index contributed by atoms with van der Waals surface area (Å²) in [5.41, 5.74) is 1.97. The first-order valence-corrected chi connectivity index (χ1v) is 15.9. The molecule has 4 rings (SSSR count). The van der Waals surface area contributed by atoms with Crippen molar-refractivity contribution in [3.63, 3.8) is 0 Å². The molecule has 1 N–H and O–H groups in total. The average Bonchev–Trinajstić information content (AvgIpc) is 2.96. The lowest BCUT2D eigenvalue weighted by Crippen LogP contribution is -2.53. The minimum absolute atomic E-state index is 0.0913. The summed E-state index contributed by atoms with van der Waals surface area (Å²) in [5.74, 6) is -0.692. The maximum atomic E-state index is 14.1. The monoisotopic (exact) mass is 625 g/mol. The van der Waals surface area contributed by atoms with Crippen LogP contribution in [0.2, 0.25) is 0 Å². The Kier molecular flexibility index (Phi) is 10.0. The maximum absolute atomic E-state index is 14.1. The summed E-state index contributed by atoms with van der Waals surface area (Å²) >= 11 is 3.44. The van der Waals surface area contributed by atoms with Gasteiger partial charge in [-0.15, -0.1) is 0 Å². The molecule has 1 unspecified atom stereocenters. The predicted octanol–water partition coefficient (Wildman–Crippen LogP) is 5.82. The number of sulfonamides is 1. The molecule has 3 aromatic rings. The van der Waals surface area contributed by atoms with E-state index < -0.39 is 28.5 Å². The van der Waals surface area contributed by atoms with Crippen molar-refractivity contribution >= 4 is 43.5 Å². The second-order valence-corrected chi connectivity index (χ2v) is 13.1. The van der Waals surface area contributed by atoms with Gasteiger partial charge in [-0.05, 0) is 68.1 Å². The van der Waals surface area contributed by atoms with Crippen LogP contribution in [0.5, 0.6) is 0 Å². The number of nitrogens with zero attached hydrogens (tertiary/aromatic N) is 2. The third-order valence-corrected chi connectivity index (χ3v) is 9.68. The summed E-state index contributed by atoms with van der Waals surface area (Å²) in [6.45, 7) is 3.24. The molecule has 3 aromatic carbocycles. The molecule has 0 radical (unpaired) electrons. The van der Waals surface area contributed by atoms with Gasteiger partial charge in [0.15, 0.2) is 0 Å². The third kappa shape index (κ3) is 7.31. The van der Waals surface area contributed by atoms with E-state index in [-0.39, 0.29) is 23.4 Å². The van der Waals surface area contributed by atoms with Gasteiger partial charge in [0.05, 0.1) is 10.6 Å². The Morgan fingerprint density at radius 3 is 2.20 bits per heavy atom. The number of rotatable bonds is 10. The van der Waals surface area contributed by atoms with Gasteiger partial charge in [0.1, 0.15) is 12.6 Å². The Hall–Kier alpha value is -3.17. The van der Waals surface area contributed by atoms with Crippen LogP contribution in [-0.2, 0) is 26.2 Å². The number of benzene rings is 3. The molecule has 0 bridgehead atoms. The molecule has 1 aliphatic rings. The molecule has 0 saturated heterocycles. The molecule has 0 aliphatic heterocycles. The quantitative estimate of drug-likeness (QED) is 0.308. The van der Waals surface area contributed by atoms with E-state index >= 15 is 0 Å². The molecule has 2 amide bonds. The first kappa shape index (κ1) is 29.8. The highest BCUT2D eigenvalue weighted by Gasteiger charge is 2.33. The van der Waals surface area contributed by atoms with E-state index in [1.807, 2.05) is 43.3 Å². The molecule has 212 valence electrons. The highest BCUT2D eigenvalue weighted by molar-refractivity contribution is 9.10. The number of carbonyl (C=O) groups excluding carboxylic acids is 2. The molecule has 9 heteroatoms. The largest absolute Gasteiger partial charge is 0.352 e. The van der Waals surface area contributed by atoms with E-state index in [1.165, 1.54) is 23.5 Å². The second-order valence-electron chi connectivity index (χ2n) is 10.3. The number of halogens is 1. The Labute approximate surface area is 245 Å². The third-order valence-electron chi connectivity index (χ3n) is 7.38. The molecule has 7 nitrogen and oxygen atoms in total. The van der Waals surface area contributed by atoms with Crippen molar-refractivity contribution in [3.8, 4) is 0 Å². The van der Waals surface area contributed by atoms with Gasteiger partial charge in [0, 0.05) is 17.1 Å².